The molecule has 3 nitrogen and oxygen atoms in total. The minimum Gasteiger partial charge on any atom is -0.330 e. The molecule has 1 atom stereocenters. The van der Waals surface area contributed by atoms with E-state index in [1.165, 1.54) is 38.8 Å². The van der Waals surface area contributed by atoms with Crippen molar-refractivity contribution in [2.75, 3.05) is 19.6 Å². The van der Waals surface area contributed by atoms with E-state index in [4.69, 9.17) is 10.7 Å². The second-order valence-electron chi connectivity index (χ2n) is 5.27. The number of rotatable bonds is 5. The van der Waals surface area contributed by atoms with Crippen LogP contribution in [0.2, 0.25) is 0 Å². The number of likely N-dealkylation sites (tertiary alicyclic amines) is 1. The second kappa shape index (κ2) is 5.78. The van der Waals surface area contributed by atoms with Crippen LogP contribution >= 0.6 is 0 Å². The lowest BCUT2D eigenvalue weighted by Gasteiger charge is -2.42. The summed E-state index contributed by atoms with van der Waals surface area (Å²) < 4.78 is 0. The van der Waals surface area contributed by atoms with Crippen molar-refractivity contribution in [3.05, 3.63) is 12.2 Å². The Labute approximate surface area is 105 Å². The van der Waals surface area contributed by atoms with E-state index in [-0.39, 0.29) is 5.66 Å². The third kappa shape index (κ3) is 2.78. The topological polar surface area (TPSA) is 41.6 Å². The summed E-state index contributed by atoms with van der Waals surface area (Å²) in [6.45, 7) is 5.42. The van der Waals surface area contributed by atoms with E-state index < -0.39 is 0 Å². The van der Waals surface area contributed by atoms with Gasteiger partial charge in [0.05, 0.1) is 0 Å². The average Bonchev–Trinajstić information content (AvgIpc) is 2.81. The first kappa shape index (κ1) is 12.8. The maximum atomic E-state index is 5.64. The van der Waals surface area contributed by atoms with Crippen LogP contribution in [0.4, 0.5) is 0 Å². The molecule has 0 bridgehead atoms. The third-order valence-corrected chi connectivity index (χ3v) is 4.10. The van der Waals surface area contributed by atoms with Gasteiger partial charge in [0.2, 0.25) is 0 Å². The van der Waals surface area contributed by atoms with Gasteiger partial charge >= 0.3 is 0 Å². The molecule has 0 amide bonds. The van der Waals surface area contributed by atoms with Gasteiger partial charge in [0, 0.05) is 19.3 Å². The molecule has 96 valence electrons. The monoisotopic (exact) mass is 235 g/mol. The van der Waals surface area contributed by atoms with Gasteiger partial charge in [0.15, 0.2) is 0 Å². The Hall–Kier alpha value is -0.670. The summed E-state index contributed by atoms with van der Waals surface area (Å²) in [4.78, 5) is 7.28. The smallest absolute Gasteiger partial charge is 0.132 e. The number of nitrogens with zero attached hydrogens (tertiary/aromatic N) is 2. The van der Waals surface area contributed by atoms with Gasteiger partial charge < -0.3 is 5.73 Å². The highest BCUT2D eigenvalue weighted by atomic mass is 15.3. The lowest BCUT2D eigenvalue weighted by Crippen LogP contribution is -2.49. The molecule has 2 rings (SSSR count). The van der Waals surface area contributed by atoms with E-state index in [1.54, 1.807) is 0 Å². The maximum Gasteiger partial charge on any atom is 0.132 e. The number of allylic oxidation sites excluding steroid dienone is 1. The molecule has 0 aliphatic carbocycles. The molecular weight excluding hydrogens is 210 g/mol. The number of piperidine rings is 1. The van der Waals surface area contributed by atoms with Gasteiger partial charge in [-0.25, -0.2) is 0 Å². The Bertz CT molecular complexity index is 276. The minimum absolute atomic E-state index is 0.0115. The number of hydrogen-bond acceptors (Lipinski definition) is 3. The summed E-state index contributed by atoms with van der Waals surface area (Å²) in [7, 11) is 0. The predicted octanol–water partition coefficient (Wildman–Crippen LogP) is 2.18. The van der Waals surface area contributed by atoms with E-state index in [0.29, 0.717) is 0 Å². The molecule has 2 aliphatic rings. The van der Waals surface area contributed by atoms with E-state index in [0.717, 1.165) is 18.9 Å². The van der Waals surface area contributed by atoms with E-state index in [1.807, 2.05) is 6.21 Å². The highest BCUT2D eigenvalue weighted by molar-refractivity contribution is 5.75. The summed E-state index contributed by atoms with van der Waals surface area (Å²) in [6.07, 6.45) is 12.4. The van der Waals surface area contributed by atoms with Gasteiger partial charge in [0.25, 0.3) is 0 Å². The highest BCUT2D eigenvalue weighted by Gasteiger charge is 2.36. The standard InChI is InChI=1S/C14H25N3/c1-2-7-14(8-3-10-16-14)17-11-5-13(4-9-15)6-12-17/h3,8,10,13H,2,4-7,9,11-12,15H2,1H3. The quantitative estimate of drug-likeness (QED) is 0.793. The molecule has 1 fully saturated rings. The summed E-state index contributed by atoms with van der Waals surface area (Å²) in [5, 5.41) is 0. The first-order valence-corrected chi connectivity index (χ1v) is 6.99. The van der Waals surface area contributed by atoms with Crippen LogP contribution in [0.3, 0.4) is 0 Å². The normalized spacial score (nSPS) is 30.2. The van der Waals surface area contributed by atoms with Crippen LogP contribution in [0, 0.1) is 5.92 Å². The van der Waals surface area contributed by atoms with E-state index in [2.05, 4.69) is 24.0 Å². The first-order chi connectivity index (χ1) is 8.30. The Morgan fingerprint density at radius 2 is 2.18 bits per heavy atom. The largest absolute Gasteiger partial charge is 0.330 e. The van der Waals surface area contributed by atoms with Crippen LogP contribution in [0.1, 0.15) is 39.0 Å². The minimum atomic E-state index is -0.0115. The van der Waals surface area contributed by atoms with Crippen LogP contribution in [-0.2, 0) is 0 Å². The summed E-state index contributed by atoms with van der Waals surface area (Å²) in [5.41, 5.74) is 5.63. The van der Waals surface area contributed by atoms with Gasteiger partial charge in [0.1, 0.15) is 5.66 Å². The molecule has 0 radical (unpaired) electrons. The van der Waals surface area contributed by atoms with Crippen LogP contribution in [0.15, 0.2) is 17.1 Å². The lowest BCUT2D eigenvalue weighted by molar-refractivity contribution is 0.0816. The molecule has 3 heteroatoms. The van der Waals surface area contributed by atoms with E-state index in [9.17, 15) is 0 Å². The maximum absolute atomic E-state index is 5.64. The van der Waals surface area contributed by atoms with Crippen molar-refractivity contribution in [2.45, 2.75) is 44.7 Å². The molecular formula is C14H25N3. The summed E-state index contributed by atoms with van der Waals surface area (Å²) >= 11 is 0. The van der Waals surface area contributed by atoms with Gasteiger partial charge in [-0.05, 0) is 50.3 Å². The molecule has 0 aromatic carbocycles. The Morgan fingerprint density at radius 3 is 2.71 bits per heavy atom. The average molecular weight is 235 g/mol. The van der Waals surface area contributed by atoms with Crippen LogP contribution in [-0.4, -0.2) is 36.4 Å². The van der Waals surface area contributed by atoms with Crippen molar-refractivity contribution >= 4 is 6.21 Å². The van der Waals surface area contributed by atoms with Gasteiger partial charge in [-0.15, -0.1) is 0 Å². The Balaban J connectivity index is 1.94. The molecule has 1 unspecified atom stereocenters. The van der Waals surface area contributed by atoms with Gasteiger partial charge in [-0.1, -0.05) is 13.3 Å². The molecule has 2 aliphatic heterocycles. The van der Waals surface area contributed by atoms with Crippen molar-refractivity contribution in [3.63, 3.8) is 0 Å². The Morgan fingerprint density at radius 1 is 1.41 bits per heavy atom. The van der Waals surface area contributed by atoms with Crippen molar-refractivity contribution in [1.82, 2.24) is 4.90 Å². The summed E-state index contributed by atoms with van der Waals surface area (Å²) in [5.74, 6) is 0.837. The molecule has 1 saturated heterocycles. The summed E-state index contributed by atoms with van der Waals surface area (Å²) in [6, 6.07) is 0. The fraction of sp³-hybridized carbons (Fsp3) is 0.786. The van der Waals surface area contributed by atoms with Gasteiger partial charge in [-0.3, -0.25) is 9.89 Å². The zero-order valence-corrected chi connectivity index (χ0v) is 10.9. The molecule has 17 heavy (non-hydrogen) atoms. The molecule has 0 aromatic rings. The zero-order chi connectivity index (χ0) is 12.1. The van der Waals surface area contributed by atoms with E-state index >= 15 is 0 Å². The molecule has 0 spiro atoms. The third-order valence-electron chi connectivity index (χ3n) is 4.10. The van der Waals surface area contributed by atoms with Crippen molar-refractivity contribution < 1.29 is 0 Å². The lowest BCUT2D eigenvalue weighted by atomic mass is 9.90. The van der Waals surface area contributed by atoms with Crippen molar-refractivity contribution in [3.8, 4) is 0 Å². The van der Waals surface area contributed by atoms with Crippen molar-refractivity contribution in [1.29, 1.82) is 0 Å². The fourth-order valence-corrected chi connectivity index (χ4v) is 3.12. The second-order valence-corrected chi connectivity index (χ2v) is 5.27. The number of nitrogens with two attached hydrogens (primary N) is 1. The molecule has 2 N–H and O–H groups in total. The van der Waals surface area contributed by atoms with Crippen LogP contribution < -0.4 is 5.73 Å². The van der Waals surface area contributed by atoms with Gasteiger partial charge in [-0.2, -0.15) is 0 Å². The number of hydrogen-bond donors (Lipinski definition) is 1. The molecule has 0 aromatic heterocycles. The van der Waals surface area contributed by atoms with Crippen LogP contribution in [0.25, 0.3) is 0 Å². The fourth-order valence-electron chi connectivity index (χ4n) is 3.12. The number of aliphatic imine (C=N–C) groups is 1. The van der Waals surface area contributed by atoms with Crippen molar-refractivity contribution in [2.24, 2.45) is 16.6 Å². The zero-order valence-electron chi connectivity index (χ0n) is 10.9. The molecule has 0 saturated carbocycles. The first-order valence-electron chi connectivity index (χ1n) is 6.99. The molecule has 2 heterocycles. The SMILES string of the molecule is CCCC1(N2CCC(CCN)CC2)C=CC=N1. The predicted molar refractivity (Wildman–Crippen MR) is 73.2 cm³/mol. The highest BCUT2D eigenvalue weighted by Crippen LogP contribution is 2.32. The van der Waals surface area contributed by atoms with Crippen LogP contribution in [0.5, 0.6) is 0 Å². The Kier molecular flexibility index (Phi) is 4.35.